The summed E-state index contributed by atoms with van der Waals surface area (Å²) in [4.78, 5) is 22.3. The van der Waals surface area contributed by atoms with Gasteiger partial charge in [0.15, 0.2) is 0 Å². The first-order chi connectivity index (χ1) is 15.2. The van der Waals surface area contributed by atoms with Crippen LogP contribution in [0.15, 0.2) is 60.5 Å². The highest BCUT2D eigenvalue weighted by atomic mass is 19.4. The van der Waals surface area contributed by atoms with E-state index in [1.807, 2.05) is 44.2 Å². The number of aromatic nitrogens is 2. The number of halogens is 3. The normalized spacial score (nSPS) is 13.4. The van der Waals surface area contributed by atoms with Gasteiger partial charge in [0.05, 0.1) is 5.56 Å². The Morgan fingerprint density at radius 1 is 1.22 bits per heavy atom. The molecule has 1 amide bonds. The molecule has 0 fully saturated rings. The van der Waals surface area contributed by atoms with Gasteiger partial charge in [-0.25, -0.2) is 9.97 Å². The van der Waals surface area contributed by atoms with Crippen LogP contribution in [0.1, 0.15) is 31.9 Å². The monoisotopic (exact) mass is 445 g/mol. The minimum absolute atomic E-state index is 0.0551. The van der Waals surface area contributed by atoms with Crippen LogP contribution in [-0.2, 0) is 11.0 Å². The quantitative estimate of drug-likeness (QED) is 0.329. The van der Waals surface area contributed by atoms with E-state index in [4.69, 9.17) is 5.41 Å². The van der Waals surface area contributed by atoms with Crippen LogP contribution in [-0.4, -0.2) is 46.1 Å². The number of hydrogen-bond donors (Lipinski definition) is 2. The van der Waals surface area contributed by atoms with Crippen LogP contribution in [0.3, 0.4) is 0 Å². The predicted octanol–water partition coefficient (Wildman–Crippen LogP) is 4.82. The average Bonchev–Trinajstić information content (AvgIpc) is 2.78. The fraction of sp³-hybridized carbons (Fsp3) is 0.304. The van der Waals surface area contributed by atoms with E-state index >= 15 is 0 Å². The van der Waals surface area contributed by atoms with Crippen LogP contribution in [0.2, 0.25) is 0 Å². The van der Waals surface area contributed by atoms with Crippen molar-refractivity contribution in [3.63, 3.8) is 0 Å². The lowest BCUT2D eigenvalue weighted by Crippen LogP contribution is -2.42. The topological polar surface area (TPSA) is 82.0 Å². The minimum atomic E-state index is -4.50. The molecule has 2 N–H and O–H groups in total. The zero-order valence-corrected chi connectivity index (χ0v) is 18.1. The zero-order chi connectivity index (χ0) is 23.7. The van der Waals surface area contributed by atoms with E-state index in [1.54, 1.807) is 24.0 Å². The highest BCUT2D eigenvalue weighted by Crippen LogP contribution is 2.28. The molecular formula is C23H26F3N5O. The van der Waals surface area contributed by atoms with Gasteiger partial charge in [-0.3, -0.25) is 4.79 Å². The average molecular weight is 445 g/mol. The largest absolute Gasteiger partial charge is 0.419 e. The van der Waals surface area contributed by atoms with Gasteiger partial charge in [0.25, 0.3) is 0 Å². The highest BCUT2D eigenvalue weighted by Gasteiger charge is 2.31. The number of rotatable bonds is 9. The molecule has 0 aliphatic carbocycles. The molecule has 0 saturated heterocycles. The summed E-state index contributed by atoms with van der Waals surface area (Å²) in [5.74, 6) is -0.122. The first-order valence-electron chi connectivity index (χ1n) is 10.1. The van der Waals surface area contributed by atoms with Gasteiger partial charge in [0, 0.05) is 43.3 Å². The van der Waals surface area contributed by atoms with Gasteiger partial charge in [0.2, 0.25) is 11.9 Å². The molecule has 0 aliphatic heterocycles. The number of benzene rings is 1. The molecule has 1 atom stereocenters. The van der Waals surface area contributed by atoms with Crippen LogP contribution in [0.5, 0.6) is 0 Å². The lowest BCUT2D eigenvalue weighted by Gasteiger charge is -2.29. The van der Waals surface area contributed by atoms with E-state index in [2.05, 4.69) is 15.3 Å². The maximum Gasteiger partial charge on any atom is 0.419 e. The van der Waals surface area contributed by atoms with Crippen LogP contribution in [0, 0.1) is 5.41 Å². The van der Waals surface area contributed by atoms with Crippen LogP contribution in [0.25, 0.3) is 5.57 Å². The summed E-state index contributed by atoms with van der Waals surface area (Å²) in [7, 11) is 0. The number of hydrogen-bond acceptors (Lipinski definition) is 5. The van der Waals surface area contributed by atoms with E-state index in [1.165, 1.54) is 0 Å². The lowest BCUT2D eigenvalue weighted by atomic mass is 9.99. The van der Waals surface area contributed by atoms with Gasteiger partial charge < -0.3 is 15.6 Å². The molecule has 1 unspecified atom stereocenters. The summed E-state index contributed by atoms with van der Waals surface area (Å²) >= 11 is 0. The lowest BCUT2D eigenvalue weighted by molar-refractivity contribution is -0.138. The number of anilines is 1. The molecule has 1 aromatic heterocycles. The molecule has 0 bridgehead atoms. The minimum Gasteiger partial charge on any atom is -0.352 e. The standard InChI is InChI=1S/C23H26F3N5O/c1-4-31(16(2)13-28-22-29-14-19(15-30-22)23(24,25)26)21(32)17(3)20(11-8-12-27)18-9-6-5-7-10-18/h5-12,14-16,27H,4,13H2,1-3H3,(H,28,29,30)/b11-8-,20-17-,27-12?. The number of carbonyl (C=O) groups excluding carboxylic acids is 1. The fourth-order valence-corrected chi connectivity index (χ4v) is 3.10. The molecule has 0 aliphatic rings. The van der Waals surface area contributed by atoms with Crippen molar-refractivity contribution in [1.29, 1.82) is 5.41 Å². The van der Waals surface area contributed by atoms with E-state index in [-0.39, 0.29) is 24.4 Å². The molecule has 0 radical (unpaired) electrons. The van der Waals surface area contributed by atoms with Crippen molar-refractivity contribution in [2.24, 2.45) is 0 Å². The Balaban J connectivity index is 2.18. The van der Waals surface area contributed by atoms with E-state index in [9.17, 15) is 18.0 Å². The molecule has 2 aromatic rings. The van der Waals surface area contributed by atoms with Gasteiger partial charge >= 0.3 is 6.18 Å². The summed E-state index contributed by atoms with van der Waals surface area (Å²) in [6.45, 7) is 6.12. The number of allylic oxidation sites excluding steroid dienone is 3. The summed E-state index contributed by atoms with van der Waals surface area (Å²) in [6, 6.07) is 9.14. The SMILES string of the molecule is CCN(C(=O)/C(C)=C(/C=C\C=N)c1ccccc1)C(C)CNc1ncc(C(F)(F)F)cn1. The molecule has 170 valence electrons. The molecule has 1 aromatic carbocycles. The summed E-state index contributed by atoms with van der Waals surface area (Å²) < 4.78 is 37.9. The summed E-state index contributed by atoms with van der Waals surface area (Å²) in [5, 5.41) is 10.2. The van der Waals surface area contributed by atoms with Crippen molar-refractivity contribution in [2.45, 2.75) is 33.0 Å². The number of alkyl halides is 3. The Morgan fingerprint density at radius 2 is 1.84 bits per heavy atom. The van der Waals surface area contributed by atoms with Crippen LogP contribution >= 0.6 is 0 Å². The predicted molar refractivity (Wildman–Crippen MR) is 119 cm³/mol. The molecule has 0 saturated carbocycles. The smallest absolute Gasteiger partial charge is 0.352 e. The van der Waals surface area contributed by atoms with Crippen molar-refractivity contribution in [3.8, 4) is 0 Å². The van der Waals surface area contributed by atoms with Crippen molar-refractivity contribution >= 4 is 23.6 Å². The number of nitrogens with zero attached hydrogens (tertiary/aromatic N) is 3. The van der Waals surface area contributed by atoms with Crippen molar-refractivity contribution < 1.29 is 18.0 Å². The second-order valence-corrected chi connectivity index (χ2v) is 7.04. The Labute approximate surface area is 185 Å². The Bertz CT molecular complexity index is 969. The summed E-state index contributed by atoms with van der Waals surface area (Å²) in [5.41, 5.74) is 1.17. The molecule has 6 nitrogen and oxygen atoms in total. The molecule has 2 rings (SSSR count). The third kappa shape index (κ3) is 6.50. The van der Waals surface area contributed by atoms with Crippen molar-refractivity contribution in [2.75, 3.05) is 18.4 Å². The maximum absolute atomic E-state index is 13.3. The summed E-state index contributed by atoms with van der Waals surface area (Å²) in [6.07, 6.45) is 1.37. The van der Waals surface area contributed by atoms with E-state index in [0.717, 1.165) is 24.2 Å². The van der Waals surface area contributed by atoms with Gasteiger partial charge in [-0.1, -0.05) is 36.4 Å². The van der Waals surface area contributed by atoms with E-state index < -0.39 is 11.7 Å². The van der Waals surface area contributed by atoms with Crippen molar-refractivity contribution in [1.82, 2.24) is 14.9 Å². The molecular weight excluding hydrogens is 419 g/mol. The number of carbonyl (C=O) groups is 1. The number of likely N-dealkylation sites (N-methyl/N-ethyl adjacent to an activating group) is 1. The highest BCUT2D eigenvalue weighted by molar-refractivity contribution is 6.03. The second kappa shape index (κ2) is 11.2. The number of nitrogens with one attached hydrogen (secondary N) is 2. The van der Waals surface area contributed by atoms with Crippen LogP contribution < -0.4 is 5.32 Å². The van der Waals surface area contributed by atoms with Gasteiger partial charge in [-0.2, -0.15) is 13.2 Å². The second-order valence-electron chi connectivity index (χ2n) is 7.04. The van der Waals surface area contributed by atoms with Crippen molar-refractivity contribution in [3.05, 3.63) is 71.6 Å². The Hall–Kier alpha value is -3.49. The molecule has 0 spiro atoms. The third-order valence-corrected chi connectivity index (χ3v) is 4.84. The van der Waals surface area contributed by atoms with Gasteiger partial charge in [-0.15, -0.1) is 0 Å². The number of amides is 1. The Morgan fingerprint density at radius 3 is 2.38 bits per heavy atom. The zero-order valence-electron chi connectivity index (χ0n) is 18.1. The Kier molecular flexibility index (Phi) is 8.69. The van der Waals surface area contributed by atoms with E-state index in [0.29, 0.717) is 17.7 Å². The first-order valence-corrected chi connectivity index (χ1v) is 10.1. The molecule has 1 heterocycles. The molecule has 9 heteroatoms. The molecule has 32 heavy (non-hydrogen) atoms. The third-order valence-electron chi connectivity index (χ3n) is 4.84. The van der Waals surface area contributed by atoms with Gasteiger partial charge in [0.1, 0.15) is 0 Å². The fourth-order valence-electron chi connectivity index (χ4n) is 3.10. The first kappa shape index (κ1) is 24.8. The van der Waals surface area contributed by atoms with Gasteiger partial charge in [-0.05, 0) is 38.0 Å². The van der Waals surface area contributed by atoms with Crippen LogP contribution in [0.4, 0.5) is 19.1 Å². The maximum atomic E-state index is 13.3.